The van der Waals surface area contributed by atoms with Crippen LogP contribution in [0.3, 0.4) is 0 Å². The summed E-state index contributed by atoms with van der Waals surface area (Å²) in [7, 11) is 0. The number of nitrogens with one attached hydrogen (secondary N) is 1. The lowest BCUT2D eigenvalue weighted by molar-refractivity contribution is 0.105. The molecule has 6 nitrogen and oxygen atoms in total. The van der Waals surface area contributed by atoms with Crippen LogP contribution in [0.25, 0.3) is 0 Å². The zero-order valence-corrected chi connectivity index (χ0v) is 12.1. The van der Waals surface area contributed by atoms with E-state index < -0.39 is 6.10 Å². The molecule has 114 valence electrons. The molecule has 21 heavy (non-hydrogen) atoms. The summed E-state index contributed by atoms with van der Waals surface area (Å²) in [5.41, 5.74) is 1.87. The second kappa shape index (κ2) is 7.66. The summed E-state index contributed by atoms with van der Waals surface area (Å²) in [6.07, 6.45) is 1.18. The number of nitrogens with zero attached hydrogens (tertiary/aromatic N) is 2. The van der Waals surface area contributed by atoms with Crippen LogP contribution in [0.5, 0.6) is 5.75 Å². The summed E-state index contributed by atoms with van der Waals surface area (Å²) < 4.78 is 7.49. The highest BCUT2D eigenvalue weighted by molar-refractivity contribution is 5.46. The first-order valence-corrected chi connectivity index (χ1v) is 6.93. The molecule has 0 spiro atoms. The molecule has 3 N–H and O–H groups in total. The van der Waals surface area contributed by atoms with Crippen molar-refractivity contribution >= 4 is 5.69 Å². The Kier molecular flexibility index (Phi) is 5.59. The minimum absolute atomic E-state index is 0.249. The van der Waals surface area contributed by atoms with Gasteiger partial charge in [0.05, 0.1) is 24.9 Å². The van der Waals surface area contributed by atoms with Crippen LogP contribution >= 0.6 is 0 Å². The summed E-state index contributed by atoms with van der Waals surface area (Å²) in [5, 5.41) is 25.3. The average molecular weight is 291 g/mol. The Morgan fingerprint density at radius 3 is 2.67 bits per heavy atom. The molecule has 2 aromatic rings. The maximum Gasteiger partial charge on any atom is 0.119 e. The Hall–Kier alpha value is -2.05. The number of benzene rings is 1. The highest BCUT2D eigenvalue weighted by Crippen LogP contribution is 2.15. The number of ether oxygens (including phenoxy) is 1. The third-order valence-electron chi connectivity index (χ3n) is 2.97. The Bertz CT molecular complexity index is 539. The lowest BCUT2D eigenvalue weighted by atomic mass is 10.3. The summed E-state index contributed by atoms with van der Waals surface area (Å²) in [5.74, 6) is 0.784. The number of aliphatic hydroxyl groups excluding tert-OH is 2. The molecule has 1 aromatic heterocycles. The normalized spacial score (nSPS) is 12.1. The number of aryl methyl sites for hydroxylation is 1. The van der Waals surface area contributed by atoms with E-state index >= 15 is 0 Å². The summed E-state index contributed by atoms with van der Waals surface area (Å²) in [6, 6.07) is 9.43. The van der Waals surface area contributed by atoms with Gasteiger partial charge in [-0.05, 0) is 37.3 Å². The van der Waals surface area contributed by atoms with Crippen molar-refractivity contribution in [2.45, 2.75) is 19.6 Å². The smallest absolute Gasteiger partial charge is 0.119 e. The Morgan fingerprint density at radius 1 is 1.29 bits per heavy atom. The van der Waals surface area contributed by atoms with E-state index in [0.717, 1.165) is 17.1 Å². The molecule has 0 aliphatic heterocycles. The first kappa shape index (κ1) is 15.3. The molecule has 0 saturated carbocycles. The summed E-state index contributed by atoms with van der Waals surface area (Å²) >= 11 is 0. The van der Waals surface area contributed by atoms with Crippen molar-refractivity contribution < 1.29 is 14.9 Å². The van der Waals surface area contributed by atoms with Gasteiger partial charge in [-0.2, -0.15) is 5.10 Å². The third kappa shape index (κ3) is 5.09. The van der Waals surface area contributed by atoms with E-state index in [4.69, 9.17) is 9.84 Å². The number of hydrogen-bond donors (Lipinski definition) is 3. The second-order valence-electron chi connectivity index (χ2n) is 4.81. The van der Waals surface area contributed by atoms with E-state index in [1.165, 1.54) is 0 Å². The predicted molar refractivity (Wildman–Crippen MR) is 80.5 cm³/mol. The maximum absolute atomic E-state index is 9.25. The van der Waals surface area contributed by atoms with Gasteiger partial charge in [-0.3, -0.25) is 4.68 Å². The molecule has 6 heteroatoms. The van der Waals surface area contributed by atoms with Crippen molar-refractivity contribution in [1.29, 1.82) is 0 Å². The monoisotopic (exact) mass is 291 g/mol. The van der Waals surface area contributed by atoms with Crippen LogP contribution in [0.15, 0.2) is 36.5 Å². The van der Waals surface area contributed by atoms with Gasteiger partial charge >= 0.3 is 0 Å². The molecular formula is C15H21N3O3. The van der Waals surface area contributed by atoms with Crippen molar-refractivity contribution in [1.82, 2.24) is 9.78 Å². The topological polar surface area (TPSA) is 79.5 Å². The first-order chi connectivity index (χ1) is 10.2. The molecule has 0 aliphatic carbocycles. The van der Waals surface area contributed by atoms with Crippen LogP contribution in [-0.2, 0) is 6.54 Å². The predicted octanol–water partition coefficient (Wildman–Crippen LogP) is 1.04. The molecule has 0 saturated heterocycles. The van der Waals surface area contributed by atoms with Gasteiger partial charge in [0.15, 0.2) is 0 Å². The number of hydrogen-bond acceptors (Lipinski definition) is 5. The highest BCUT2D eigenvalue weighted by Gasteiger charge is 2.01. The SMILES string of the molecule is Cc1ccn(CCOc2ccc(NCC(O)CO)cc2)n1. The summed E-state index contributed by atoms with van der Waals surface area (Å²) in [4.78, 5) is 0. The van der Waals surface area contributed by atoms with Crippen LogP contribution in [0.4, 0.5) is 5.69 Å². The fourth-order valence-electron chi connectivity index (χ4n) is 1.81. The number of anilines is 1. The van der Waals surface area contributed by atoms with Gasteiger partial charge in [0, 0.05) is 18.4 Å². The summed E-state index contributed by atoms with van der Waals surface area (Å²) in [6.45, 7) is 3.28. The number of aromatic nitrogens is 2. The second-order valence-corrected chi connectivity index (χ2v) is 4.81. The van der Waals surface area contributed by atoms with Gasteiger partial charge in [-0.25, -0.2) is 0 Å². The van der Waals surface area contributed by atoms with E-state index in [2.05, 4.69) is 10.4 Å². The van der Waals surface area contributed by atoms with Gasteiger partial charge in [0.2, 0.25) is 0 Å². The molecule has 1 unspecified atom stereocenters. The Morgan fingerprint density at radius 2 is 2.05 bits per heavy atom. The van der Waals surface area contributed by atoms with Crippen LogP contribution in [-0.4, -0.2) is 45.9 Å². The molecule has 1 heterocycles. The van der Waals surface area contributed by atoms with Crippen LogP contribution in [0.2, 0.25) is 0 Å². The molecule has 0 radical (unpaired) electrons. The molecule has 0 fully saturated rings. The zero-order valence-electron chi connectivity index (χ0n) is 12.1. The van der Waals surface area contributed by atoms with Crippen LogP contribution in [0, 0.1) is 6.92 Å². The minimum Gasteiger partial charge on any atom is -0.492 e. The van der Waals surface area contributed by atoms with Gasteiger partial charge < -0.3 is 20.3 Å². The Balaban J connectivity index is 1.74. The van der Waals surface area contributed by atoms with Crippen LogP contribution < -0.4 is 10.1 Å². The van der Waals surface area contributed by atoms with Crippen molar-refractivity contribution in [2.24, 2.45) is 0 Å². The van der Waals surface area contributed by atoms with E-state index in [1.54, 1.807) is 0 Å². The van der Waals surface area contributed by atoms with Crippen molar-refractivity contribution in [3.63, 3.8) is 0 Å². The van der Waals surface area contributed by atoms with E-state index in [1.807, 2.05) is 48.1 Å². The van der Waals surface area contributed by atoms with Crippen LogP contribution in [0.1, 0.15) is 5.69 Å². The van der Waals surface area contributed by atoms with E-state index in [-0.39, 0.29) is 6.61 Å². The first-order valence-electron chi connectivity index (χ1n) is 6.93. The molecule has 1 aromatic carbocycles. The number of rotatable bonds is 8. The van der Waals surface area contributed by atoms with Gasteiger partial charge in [-0.1, -0.05) is 0 Å². The lowest BCUT2D eigenvalue weighted by Gasteiger charge is -2.11. The molecule has 0 aliphatic rings. The molecule has 0 amide bonds. The number of aliphatic hydroxyl groups is 2. The maximum atomic E-state index is 9.25. The largest absolute Gasteiger partial charge is 0.492 e. The third-order valence-corrected chi connectivity index (χ3v) is 2.97. The fraction of sp³-hybridized carbons (Fsp3) is 0.400. The van der Waals surface area contributed by atoms with Gasteiger partial charge in [-0.15, -0.1) is 0 Å². The van der Waals surface area contributed by atoms with Crippen molar-refractivity contribution in [3.8, 4) is 5.75 Å². The highest BCUT2D eigenvalue weighted by atomic mass is 16.5. The molecule has 0 bridgehead atoms. The van der Waals surface area contributed by atoms with Gasteiger partial charge in [0.25, 0.3) is 0 Å². The van der Waals surface area contributed by atoms with E-state index in [9.17, 15) is 5.11 Å². The molecule has 2 rings (SSSR count). The molecule has 1 atom stereocenters. The quantitative estimate of drug-likeness (QED) is 0.677. The van der Waals surface area contributed by atoms with Crippen molar-refractivity contribution in [2.75, 3.05) is 25.1 Å². The molecular weight excluding hydrogens is 270 g/mol. The van der Waals surface area contributed by atoms with E-state index in [0.29, 0.717) is 19.7 Å². The standard InChI is InChI=1S/C15H21N3O3/c1-12-6-7-18(17-12)8-9-21-15-4-2-13(3-5-15)16-10-14(20)11-19/h2-7,14,16,19-20H,8-11H2,1H3. The van der Waals surface area contributed by atoms with Gasteiger partial charge in [0.1, 0.15) is 12.4 Å². The Labute approximate surface area is 124 Å². The average Bonchev–Trinajstić information content (AvgIpc) is 2.91. The zero-order chi connectivity index (χ0) is 15.1. The minimum atomic E-state index is -0.751. The lowest BCUT2D eigenvalue weighted by Crippen LogP contribution is -2.22. The van der Waals surface area contributed by atoms with Crippen molar-refractivity contribution in [3.05, 3.63) is 42.2 Å². The fourth-order valence-corrected chi connectivity index (χ4v) is 1.81.